The summed E-state index contributed by atoms with van der Waals surface area (Å²) in [5.74, 6) is 1.87. The molecule has 0 radical (unpaired) electrons. The first-order valence-electron chi connectivity index (χ1n) is 9.65. The van der Waals surface area contributed by atoms with Crippen molar-refractivity contribution in [2.45, 2.75) is 25.7 Å². The molecule has 0 aromatic heterocycles. The smallest absolute Gasteiger partial charge is 0.0927 e. The maximum Gasteiger partial charge on any atom is 0.0927 e. The van der Waals surface area contributed by atoms with E-state index in [2.05, 4.69) is 24.3 Å². The molecule has 2 aromatic carbocycles. The molecule has 29 heavy (non-hydrogen) atoms. The fourth-order valence-corrected chi connectivity index (χ4v) is 2.75. The number of allylic oxidation sites excluding steroid dienone is 4. The van der Waals surface area contributed by atoms with Crippen LogP contribution in [0.4, 0.5) is 0 Å². The van der Waals surface area contributed by atoms with Gasteiger partial charge in [-0.1, -0.05) is 85.7 Å². The van der Waals surface area contributed by atoms with Gasteiger partial charge >= 0.3 is 0 Å². The quantitative estimate of drug-likeness (QED) is 0.254. The Bertz CT molecular complexity index is 766. The normalized spacial score (nSPS) is 14.6. The Hall–Kier alpha value is -2.57. The molecule has 1 aliphatic carbocycles. The molecule has 0 fully saturated rings. The van der Waals surface area contributed by atoms with Crippen molar-refractivity contribution in [3.63, 3.8) is 0 Å². The van der Waals surface area contributed by atoms with Crippen molar-refractivity contribution < 1.29 is 30.5 Å². The van der Waals surface area contributed by atoms with Crippen molar-refractivity contribution in [2.24, 2.45) is 0 Å². The minimum atomic E-state index is 0. The summed E-state index contributed by atoms with van der Waals surface area (Å²) in [6, 6.07) is 15.9. The SMILES string of the molecule is C1=Cc2ccccc2O[CH-]1.C1=Cc2ccccc2O[CH-]1.[C-]1=CCCC=CCC1.[Pt]. The van der Waals surface area contributed by atoms with Gasteiger partial charge in [0.1, 0.15) is 0 Å². The Morgan fingerprint density at radius 2 is 1.24 bits per heavy atom. The number of ether oxygens (including phenoxy) is 2. The molecule has 0 saturated carbocycles. The molecule has 3 aliphatic rings. The van der Waals surface area contributed by atoms with E-state index >= 15 is 0 Å². The van der Waals surface area contributed by atoms with E-state index in [1.54, 1.807) is 13.2 Å². The van der Waals surface area contributed by atoms with E-state index < -0.39 is 0 Å². The van der Waals surface area contributed by atoms with Gasteiger partial charge in [0.25, 0.3) is 0 Å². The molecule has 0 spiro atoms. The van der Waals surface area contributed by atoms with Crippen molar-refractivity contribution in [3.8, 4) is 11.5 Å². The Morgan fingerprint density at radius 1 is 0.690 bits per heavy atom. The Morgan fingerprint density at radius 3 is 1.83 bits per heavy atom. The number of hydrogen-bond donors (Lipinski definition) is 0. The molecular formula is C26H25O2Pt-3. The first kappa shape index (κ1) is 22.7. The zero-order chi connectivity index (χ0) is 19.3. The molecule has 0 N–H and O–H groups in total. The van der Waals surface area contributed by atoms with Crippen molar-refractivity contribution in [3.05, 3.63) is 109 Å². The number of benzene rings is 2. The van der Waals surface area contributed by atoms with Crippen LogP contribution in [0.5, 0.6) is 11.5 Å². The summed E-state index contributed by atoms with van der Waals surface area (Å²) in [6.45, 7) is 3.37. The zero-order valence-electron chi connectivity index (χ0n) is 16.3. The van der Waals surface area contributed by atoms with E-state index in [1.165, 1.54) is 19.3 Å². The zero-order valence-corrected chi connectivity index (χ0v) is 18.5. The van der Waals surface area contributed by atoms with Gasteiger partial charge in [-0.05, 0) is 18.6 Å². The van der Waals surface area contributed by atoms with Crippen molar-refractivity contribution in [1.82, 2.24) is 0 Å². The molecular weight excluding hydrogens is 539 g/mol. The first-order chi connectivity index (χ1) is 13.9. The Balaban J connectivity index is 0.000000154. The molecule has 2 aliphatic heterocycles. The standard InChI is InChI=1S/2C9H7O.C8H11.Pt/c2*1-2-6-9-8(4-1)5-3-7-10-9;1-2-4-6-8-7-5-3-1;/h2*1-7H;1-2,7H,3-6H2;/q3*-1;. The van der Waals surface area contributed by atoms with Crippen molar-refractivity contribution >= 4 is 12.2 Å². The Labute approximate surface area is 188 Å². The van der Waals surface area contributed by atoms with Crippen molar-refractivity contribution in [1.29, 1.82) is 0 Å². The summed E-state index contributed by atoms with van der Waals surface area (Å²) in [6.07, 6.45) is 22.3. The summed E-state index contributed by atoms with van der Waals surface area (Å²) in [5.41, 5.74) is 2.29. The first-order valence-corrected chi connectivity index (χ1v) is 9.65. The molecule has 0 atom stereocenters. The van der Waals surface area contributed by atoms with Gasteiger partial charge in [-0.3, -0.25) is 6.08 Å². The van der Waals surface area contributed by atoms with Gasteiger partial charge < -0.3 is 15.5 Å². The van der Waals surface area contributed by atoms with E-state index in [0.29, 0.717) is 0 Å². The van der Waals surface area contributed by atoms with Crippen LogP contribution in [0.15, 0.2) is 78.9 Å². The topological polar surface area (TPSA) is 18.5 Å². The summed E-state index contributed by atoms with van der Waals surface area (Å²) in [5, 5.41) is 0. The van der Waals surface area contributed by atoms with E-state index in [9.17, 15) is 0 Å². The fourth-order valence-electron chi connectivity index (χ4n) is 2.75. The maximum atomic E-state index is 5.21. The van der Waals surface area contributed by atoms with E-state index in [0.717, 1.165) is 29.0 Å². The molecule has 0 unspecified atom stereocenters. The molecule has 2 heterocycles. The minimum Gasteiger partial charge on any atom is -0.554 e. The number of rotatable bonds is 0. The molecule has 3 heteroatoms. The second-order valence-electron chi connectivity index (χ2n) is 6.30. The molecule has 0 amide bonds. The van der Waals surface area contributed by atoms with Gasteiger partial charge in [0.15, 0.2) is 0 Å². The summed E-state index contributed by atoms with van der Waals surface area (Å²) < 4.78 is 10.4. The third kappa shape index (κ3) is 8.13. The number of fused-ring (bicyclic) bond motifs is 2. The van der Waals surface area contributed by atoms with Crippen LogP contribution in [0.2, 0.25) is 0 Å². The van der Waals surface area contributed by atoms with E-state index in [-0.39, 0.29) is 21.1 Å². The van der Waals surface area contributed by atoms with Crippen molar-refractivity contribution in [2.75, 3.05) is 0 Å². The van der Waals surface area contributed by atoms with E-state index in [4.69, 9.17) is 9.47 Å². The minimum absolute atomic E-state index is 0. The molecule has 2 aromatic rings. The van der Waals surface area contributed by atoms with Gasteiger partial charge in [-0.25, -0.2) is 0 Å². The van der Waals surface area contributed by atoms with Gasteiger partial charge in [0, 0.05) is 21.1 Å². The molecule has 0 saturated heterocycles. The van der Waals surface area contributed by atoms with Gasteiger partial charge in [0.2, 0.25) is 0 Å². The number of hydrogen-bond acceptors (Lipinski definition) is 2. The summed E-state index contributed by atoms with van der Waals surface area (Å²) in [4.78, 5) is 0. The van der Waals surface area contributed by atoms with Gasteiger partial charge in [-0.2, -0.15) is 30.7 Å². The van der Waals surface area contributed by atoms with E-state index in [1.807, 2.05) is 72.8 Å². The van der Waals surface area contributed by atoms with Crippen LogP contribution in [0.1, 0.15) is 36.8 Å². The maximum absolute atomic E-state index is 5.21. The largest absolute Gasteiger partial charge is 0.554 e. The average Bonchev–Trinajstić information content (AvgIpc) is 2.74. The van der Waals surface area contributed by atoms with Crippen LogP contribution >= 0.6 is 0 Å². The average molecular weight is 565 g/mol. The third-order valence-electron chi connectivity index (χ3n) is 4.18. The number of para-hydroxylation sites is 2. The van der Waals surface area contributed by atoms with Crippen LogP contribution in [0.25, 0.3) is 12.2 Å². The van der Waals surface area contributed by atoms with Crippen LogP contribution in [-0.4, -0.2) is 0 Å². The molecule has 2 nitrogen and oxygen atoms in total. The predicted octanol–water partition coefficient (Wildman–Crippen LogP) is 6.98. The van der Waals surface area contributed by atoms with Crippen LogP contribution in [-0.2, 0) is 21.1 Å². The Kier molecular flexibility index (Phi) is 10.6. The van der Waals surface area contributed by atoms with Gasteiger partial charge in [0.05, 0.1) is 11.5 Å². The van der Waals surface area contributed by atoms with Crippen LogP contribution in [0.3, 0.4) is 0 Å². The third-order valence-corrected chi connectivity index (χ3v) is 4.18. The van der Waals surface area contributed by atoms with Crippen LogP contribution in [0, 0.1) is 19.3 Å². The second kappa shape index (κ2) is 13.6. The molecule has 5 rings (SSSR count). The second-order valence-corrected chi connectivity index (χ2v) is 6.30. The summed E-state index contributed by atoms with van der Waals surface area (Å²) in [7, 11) is 0. The molecule has 0 bridgehead atoms. The predicted molar refractivity (Wildman–Crippen MR) is 116 cm³/mol. The molecule has 154 valence electrons. The monoisotopic (exact) mass is 564 g/mol. The summed E-state index contributed by atoms with van der Waals surface area (Å²) >= 11 is 0. The van der Waals surface area contributed by atoms with Gasteiger partial charge in [-0.15, -0.1) is 0 Å². The van der Waals surface area contributed by atoms with Crippen LogP contribution < -0.4 is 9.47 Å². The fraction of sp³-hybridized carbons (Fsp3) is 0.154.